The van der Waals surface area contributed by atoms with Crippen LogP contribution in [0, 0.1) is 5.82 Å². The first kappa shape index (κ1) is 14.0. The Hall–Kier alpha value is -1.39. The minimum Gasteiger partial charge on any atom is -0.489 e. The average Bonchev–Trinajstić information content (AvgIpc) is 2.35. The summed E-state index contributed by atoms with van der Waals surface area (Å²) in [6.45, 7) is 2.21. The van der Waals surface area contributed by atoms with E-state index in [1.54, 1.807) is 0 Å². The molecule has 0 radical (unpaired) electrons. The van der Waals surface area contributed by atoms with Crippen LogP contribution in [0.15, 0.2) is 46.9 Å². The van der Waals surface area contributed by atoms with Gasteiger partial charge in [0.1, 0.15) is 18.2 Å². The Morgan fingerprint density at radius 1 is 1.26 bits per heavy atom. The SMILES string of the molecule is C[C@H](N)c1ccccc1OCc1cc(F)cc(Br)c1. The number of hydrogen-bond acceptors (Lipinski definition) is 2. The van der Waals surface area contributed by atoms with Gasteiger partial charge in [-0.1, -0.05) is 34.1 Å². The first-order valence-electron chi connectivity index (χ1n) is 5.98. The van der Waals surface area contributed by atoms with Crippen molar-refractivity contribution in [2.24, 2.45) is 5.73 Å². The predicted octanol–water partition coefficient (Wildman–Crippen LogP) is 4.19. The molecular formula is C15H15BrFNO. The van der Waals surface area contributed by atoms with E-state index < -0.39 is 0 Å². The van der Waals surface area contributed by atoms with Crippen LogP contribution >= 0.6 is 15.9 Å². The van der Waals surface area contributed by atoms with E-state index >= 15 is 0 Å². The molecule has 2 aromatic carbocycles. The minimum atomic E-state index is -0.284. The van der Waals surface area contributed by atoms with Crippen molar-refractivity contribution in [3.05, 3.63) is 63.9 Å². The Balaban J connectivity index is 2.14. The van der Waals surface area contributed by atoms with E-state index in [9.17, 15) is 4.39 Å². The van der Waals surface area contributed by atoms with Gasteiger partial charge in [0, 0.05) is 16.1 Å². The first-order valence-corrected chi connectivity index (χ1v) is 6.78. The van der Waals surface area contributed by atoms with Crippen molar-refractivity contribution in [1.29, 1.82) is 0 Å². The highest BCUT2D eigenvalue weighted by molar-refractivity contribution is 9.10. The smallest absolute Gasteiger partial charge is 0.124 e. The van der Waals surface area contributed by atoms with Crippen molar-refractivity contribution in [2.45, 2.75) is 19.6 Å². The van der Waals surface area contributed by atoms with Gasteiger partial charge in [0.05, 0.1) is 0 Å². The molecule has 2 aromatic rings. The molecule has 0 aliphatic heterocycles. The second-order valence-electron chi connectivity index (χ2n) is 4.39. The zero-order chi connectivity index (χ0) is 13.8. The molecule has 0 aliphatic carbocycles. The van der Waals surface area contributed by atoms with E-state index in [1.165, 1.54) is 12.1 Å². The molecule has 1 atom stereocenters. The summed E-state index contributed by atoms with van der Waals surface area (Å²) in [7, 11) is 0. The fourth-order valence-electron chi connectivity index (χ4n) is 1.84. The quantitative estimate of drug-likeness (QED) is 0.915. The normalized spacial score (nSPS) is 12.2. The maximum absolute atomic E-state index is 13.3. The summed E-state index contributed by atoms with van der Waals surface area (Å²) in [5.74, 6) is 0.450. The molecule has 0 aromatic heterocycles. The number of para-hydroxylation sites is 1. The molecule has 19 heavy (non-hydrogen) atoms. The van der Waals surface area contributed by atoms with E-state index in [1.807, 2.05) is 37.3 Å². The number of ether oxygens (including phenoxy) is 1. The van der Waals surface area contributed by atoms with Crippen LogP contribution in [0.3, 0.4) is 0 Å². The molecule has 2 N–H and O–H groups in total. The molecule has 0 fully saturated rings. The summed E-state index contributed by atoms with van der Waals surface area (Å²) in [4.78, 5) is 0. The van der Waals surface area contributed by atoms with Crippen LogP contribution in [-0.4, -0.2) is 0 Å². The van der Waals surface area contributed by atoms with E-state index in [0.29, 0.717) is 11.1 Å². The van der Waals surface area contributed by atoms with Gasteiger partial charge in [-0.15, -0.1) is 0 Å². The molecule has 4 heteroatoms. The highest BCUT2D eigenvalue weighted by Gasteiger charge is 2.07. The molecule has 2 rings (SSSR count). The van der Waals surface area contributed by atoms with E-state index in [-0.39, 0.29) is 11.9 Å². The van der Waals surface area contributed by atoms with Gasteiger partial charge in [0.2, 0.25) is 0 Å². The summed E-state index contributed by atoms with van der Waals surface area (Å²) in [5, 5.41) is 0. The van der Waals surface area contributed by atoms with Crippen LogP contribution in [0.5, 0.6) is 5.75 Å². The molecule has 0 spiro atoms. The molecule has 0 saturated carbocycles. The lowest BCUT2D eigenvalue weighted by molar-refractivity contribution is 0.301. The summed E-state index contributed by atoms with van der Waals surface area (Å²) >= 11 is 3.26. The Morgan fingerprint density at radius 2 is 2.00 bits per heavy atom. The number of benzene rings is 2. The summed E-state index contributed by atoms with van der Waals surface area (Å²) in [6, 6.07) is 12.2. The average molecular weight is 324 g/mol. The molecule has 100 valence electrons. The maximum Gasteiger partial charge on any atom is 0.124 e. The zero-order valence-corrected chi connectivity index (χ0v) is 12.2. The summed E-state index contributed by atoms with van der Waals surface area (Å²) < 4.78 is 19.7. The van der Waals surface area contributed by atoms with E-state index in [4.69, 9.17) is 10.5 Å². The lowest BCUT2D eigenvalue weighted by Crippen LogP contribution is -2.08. The molecule has 0 heterocycles. The number of rotatable bonds is 4. The van der Waals surface area contributed by atoms with Gasteiger partial charge in [-0.3, -0.25) is 0 Å². The van der Waals surface area contributed by atoms with Crippen LogP contribution in [-0.2, 0) is 6.61 Å². The maximum atomic E-state index is 13.3. The lowest BCUT2D eigenvalue weighted by Gasteiger charge is -2.14. The Bertz CT molecular complexity index is 552. The number of hydrogen-bond donors (Lipinski definition) is 1. The molecular weight excluding hydrogens is 309 g/mol. The molecule has 0 unspecified atom stereocenters. The first-order chi connectivity index (χ1) is 9.06. The van der Waals surface area contributed by atoms with Crippen LogP contribution < -0.4 is 10.5 Å². The third-order valence-electron chi connectivity index (χ3n) is 2.73. The van der Waals surface area contributed by atoms with Crippen molar-refractivity contribution < 1.29 is 9.13 Å². The monoisotopic (exact) mass is 323 g/mol. The topological polar surface area (TPSA) is 35.2 Å². The van der Waals surface area contributed by atoms with Crippen molar-refractivity contribution in [3.63, 3.8) is 0 Å². The van der Waals surface area contributed by atoms with Crippen molar-refractivity contribution in [2.75, 3.05) is 0 Å². The predicted molar refractivity (Wildman–Crippen MR) is 77.5 cm³/mol. The van der Waals surface area contributed by atoms with Crippen LogP contribution in [0.1, 0.15) is 24.1 Å². The van der Waals surface area contributed by atoms with Crippen LogP contribution in [0.4, 0.5) is 4.39 Å². The van der Waals surface area contributed by atoms with Crippen molar-refractivity contribution in [3.8, 4) is 5.75 Å². The van der Waals surface area contributed by atoms with Crippen molar-refractivity contribution >= 4 is 15.9 Å². The third kappa shape index (κ3) is 3.78. The number of halogens is 2. The highest BCUT2D eigenvalue weighted by Crippen LogP contribution is 2.24. The lowest BCUT2D eigenvalue weighted by atomic mass is 10.1. The summed E-state index contributed by atoms with van der Waals surface area (Å²) in [5.41, 5.74) is 7.60. The zero-order valence-electron chi connectivity index (χ0n) is 10.6. The second kappa shape index (κ2) is 6.17. The van der Waals surface area contributed by atoms with Crippen LogP contribution in [0.25, 0.3) is 0 Å². The van der Waals surface area contributed by atoms with Gasteiger partial charge in [0.15, 0.2) is 0 Å². The fourth-order valence-corrected chi connectivity index (χ4v) is 2.36. The van der Waals surface area contributed by atoms with Gasteiger partial charge in [-0.05, 0) is 36.8 Å². The molecule has 0 bridgehead atoms. The van der Waals surface area contributed by atoms with E-state index in [0.717, 1.165) is 16.9 Å². The van der Waals surface area contributed by atoms with Gasteiger partial charge < -0.3 is 10.5 Å². The van der Waals surface area contributed by atoms with Gasteiger partial charge >= 0.3 is 0 Å². The fraction of sp³-hybridized carbons (Fsp3) is 0.200. The number of nitrogens with two attached hydrogens (primary N) is 1. The Kier molecular flexibility index (Phi) is 4.56. The molecule has 0 aliphatic rings. The molecule has 0 saturated heterocycles. The minimum absolute atomic E-state index is 0.101. The van der Waals surface area contributed by atoms with Gasteiger partial charge in [-0.2, -0.15) is 0 Å². The highest BCUT2D eigenvalue weighted by atomic mass is 79.9. The second-order valence-corrected chi connectivity index (χ2v) is 5.31. The van der Waals surface area contributed by atoms with Crippen LogP contribution in [0.2, 0.25) is 0 Å². The standard InChI is InChI=1S/C15H15BrFNO/c1-10(18)14-4-2-3-5-15(14)19-9-11-6-12(16)8-13(17)7-11/h2-8,10H,9,18H2,1H3/t10-/m0/s1. The molecule has 2 nitrogen and oxygen atoms in total. The van der Waals surface area contributed by atoms with Gasteiger partial charge in [0.25, 0.3) is 0 Å². The third-order valence-corrected chi connectivity index (χ3v) is 3.18. The summed E-state index contributed by atoms with van der Waals surface area (Å²) in [6.07, 6.45) is 0. The largest absolute Gasteiger partial charge is 0.489 e. The van der Waals surface area contributed by atoms with Crippen molar-refractivity contribution in [1.82, 2.24) is 0 Å². The Morgan fingerprint density at radius 3 is 2.68 bits per heavy atom. The Labute approximate surface area is 120 Å². The molecule has 0 amide bonds. The van der Waals surface area contributed by atoms with E-state index in [2.05, 4.69) is 15.9 Å². The van der Waals surface area contributed by atoms with Gasteiger partial charge in [-0.25, -0.2) is 4.39 Å².